The van der Waals surface area contributed by atoms with Crippen LogP contribution in [0.3, 0.4) is 0 Å². The lowest BCUT2D eigenvalue weighted by molar-refractivity contribution is 1.14. The van der Waals surface area contributed by atoms with E-state index in [1.165, 1.54) is 15.8 Å². The molecule has 2 aromatic heterocycles. The van der Waals surface area contributed by atoms with Crippen molar-refractivity contribution in [1.29, 1.82) is 0 Å². The Kier molecular flexibility index (Phi) is 3.28. The van der Waals surface area contributed by atoms with E-state index in [4.69, 9.17) is 16.8 Å². The summed E-state index contributed by atoms with van der Waals surface area (Å²) in [5, 5.41) is 0. The van der Waals surface area contributed by atoms with E-state index in [1.807, 2.05) is 12.1 Å². The maximum atomic E-state index is 5.67. The van der Waals surface area contributed by atoms with Gasteiger partial charge in [-0.15, -0.1) is 0 Å². The van der Waals surface area contributed by atoms with Crippen molar-refractivity contribution < 1.29 is 0 Å². The van der Waals surface area contributed by atoms with Crippen LogP contribution in [-0.4, -0.2) is 9.38 Å². The van der Waals surface area contributed by atoms with Crippen LogP contribution < -0.4 is 4.84 Å². The fourth-order valence-electron chi connectivity index (χ4n) is 2.65. The SMILES string of the molecule is CCc1cccc(-c2cn3c(n2)sc2cc(NCl)ccc23)c1. The molecule has 22 heavy (non-hydrogen) atoms. The first kappa shape index (κ1) is 13.6. The number of rotatable bonds is 3. The van der Waals surface area contributed by atoms with Crippen LogP contribution in [0.5, 0.6) is 0 Å². The normalized spacial score (nSPS) is 11.4. The molecule has 4 aromatic rings. The van der Waals surface area contributed by atoms with Gasteiger partial charge in [0, 0.05) is 23.5 Å². The average Bonchev–Trinajstić information content (AvgIpc) is 3.11. The number of halogens is 1. The standard InChI is InChI=1S/C17H14ClN3S/c1-2-11-4-3-5-12(8-11)14-10-21-15-7-6-13(20-18)9-16(15)22-17(21)19-14/h3-10,20H,2H2,1H3. The number of imidazole rings is 1. The number of hydrogen-bond acceptors (Lipinski definition) is 3. The van der Waals surface area contributed by atoms with Crippen molar-refractivity contribution in [2.45, 2.75) is 13.3 Å². The summed E-state index contributed by atoms with van der Waals surface area (Å²) in [5.74, 6) is 0. The molecule has 4 rings (SSSR count). The van der Waals surface area contributed by atoms with Gasteiger partial charge in [0.15, 0.2) is 4.96 Å². The zero-order chi connectivity index (χ0) is 15.1. The second kappa shape index (κ2) is 5.30. The zero-order valence-electron chi connectivity index (χ0n) is 12.0. The fraction of sp³-hybridized carbons (Fsp3) is 0.118. The largest absolute Gasteiger partial charge is 0.298 e. The van der Waals surface area contributed by atoms with E-state index in [9.17, 15) is 0 Å². The number of anilines is 1. The van der Waals surface area contributed by atoms with Gasteiger partial charge in [0.05, 0.1) is 21.6 Å². The summed E-state index contributed by atoms with van der Waals surface area (Å²) < 4.78 is 3.31. The number of nitrogens with one attached hydrogen (secondary N) is 1. The Morgan fingerprint density at radius 3 is 2.95 bits per heavy atom. The highest BCUT2D eigenvalue weighted by Crippen LogP contribution is 2.31. The molecule has 2 aromatic carbocycles. The average molecular weight is 328 g/mol. The molecular formula is C17H14ClN3S. The van der Waals surface area contributed by atoms with Crippen molar-refractivity contribution >= 4 is 44.0 Å². The lowest BCUT2D eigenvalue weighted by Crippen LogP contribution is -1.83. The maximum absolute atomic E-state index is 5.67. The van der Waals surface area contributed by atoms with Crippen LogP contribution in [-0.2, 0) is 6.42 Å². The number of aromatic nitrogens is 2. The third-order valence-corrected chi connectivity index (χ3v) is 5.07. The number of hydrogen-bond donors (Lipinski definition) is 1. The monoisotopic (exact) mass is 327 g/mol. The summed E-state index contributed by atoms with van der Waals surface area (Å²) in [6, 6.07) is 14.7. The summed E-state index contributed by atoms with van der Waals surface area (Å²) in [4.78, 5) is 8.43. The molecule has 0 aliphatic heterocycles. The Balaban J connectivity index is 1.87. The Labute approximate surface area is 137 Å². The van der Waals surface area contributed by atoms with Gasteiger partial charge in [-0.2, -0.15) is 0 Å². The van der Waals surface area contributed by atoms with Crippen molar-refractivity contribution in [3.8, 4) is 11.3 Å². The number of aryl methyl sites for hydroxylation is 1. The van der Waals surface area contributed by atoms with Gasteiger partial charge in [-0.25, -0.2) is 4.98 Å². The van der Waals surface area contributed by atoms with Crippen molar-refractivity contribution in [1.82, 2.24) is 9.38 Å². The van der Waals surface area contributed by atoms with E-state index in [0.717, 1.165) is 28.3 Å². The van der Waals surface area contributed by atoms with Crippen LogP contribution >= 0.6 is 23.1 Å². The molecule has 0 amide bonds. The van der Waals surface area contributed by atoms with Crippen LogP contribution in [0.1, 0.15) is 12.5 Å². The first-order valence-corrected chi connectivity index (χ1v) is 8.35. The summed E-state index contributed by atoms with van der Waals surface area (Å²) in [7, 11) is 0. The molecule has 0 aliphatic carbocycles. The molecule has 0 spiro atoms. The van der Waals surface area contributed by atoms with Crippen molar-refractivity contribution in [2.75, 3.05) is 4.84 Å². The quantitative estimate of drug-likeness (QED) is 0.514. The van der Waals surface area contributed by atoms with E-state index in [1.54, 1.807) is 11.3 Å². The van der Waals surface area contributed by atoms with E-state index in [-0.39, 0.29) is 0 Å². The van der Waals surface area contributed by atoms with E-state index in [0.29, 0.717) is 0 Å². The van der Waals surface area contributed by atoms with Gasteiger partial charge in [-0.3, -0.25) is 9.24 Å². The fourth-order valence-corrected chi connectivity index (χ4v) is 3.81. The van der Waals surface area contributed by atoms with E-state index < -0.39 is 0 Å². The predicted octanol–water partition coefficient (Wildman–Crippen LogP) is 5.34. The Morgan fingerprint density at radius 1 is 1.23 bits per heavy atom. The minimum atomic E-state index is 0.898. The van der Waals surface area contributed by atoms with Gasteiger partial charge in [0.2, 0.25) is 0 Å². The Hall–Kier alpha value is -2.04. The maximum Gasteiger partial charge on any atom is 0.195 e. The molecule has 0 bridgehead atoms. The highest BCUT2D eigenvalue weighted by atomic mass is 35.5. The van der Waals surface area contributed by atoms with Crippen LogP contribution in [0.4, 0.5) is 5.69 Å². The second-order valence-electron chi connectivity index (χ2n) is 5.21. The Bertz CT molecular complexity index is 971. The third kappa shape index (κ3) is 2.16. The molecule has 0 atom stereocenters. The second-order valence-corrected chi connectivity index (χ2v) is 6.41. The van der Waals surface area contributed by atoms with Crippen molar-refractivity contribution in [3.63, 3.8) is 0 Å². The molecule has 3 nitrogen and oxygen atoms in total. The number of fused-ring (bicyclic) bond motifs is 3. The highest BCUT2D eigenvalue weighted by molar-refractivity contribution is 7.23. The molecule has 5 heteroatoms. The lowest BCUT2D eigenvalue weighted by atomic mass is 10.1. The molecule has 0 aliphatic rings. The number of thiazole rings is 1. The predicted molar refractivity (Wildman–Crippen MR) is 94.9 cm³/mol. The molecule has 0 fully saturated rings. The molecule has 0 unspecified atom stereocenters. The van der Waals surface area contributed by atoms with Gasteiger partial charge in [-0.05, 0) is 36.2 Å². The topological polar surface area (TPSA) is 29.3 Å². The summed E-state index contributed by atoms with van der Waals surface area (Å²) in [6.45, 7) is 2.17. The van der Waals surface area contributed by atoms with E-state index in [2.05, 4.69) is 52.7 Å². The van der Waals surface area contributed by atoms with Gasteiger partial charge in [0.25, 0.3) is 0 Å². The minimum Gasteiger partial charge on any atom is -0.298 e. The first-order chi connectivity index (χ1) is 10.8. The molecule has 1 N–H and O–H groups in total. The van der Waals surface area contributed by atoms with Crippen molar-refractivity contribution in [2.24, 2.45) is 0 Å². The molecular weight excluding hydrogens is 314 g/mol. The smallest absolute Gasteiger partial charge is 0.195 e. The first-order valence-electron chi connectivity index (χ1n) is 7.16. The molecule has 110 valence electrons. The zero-order valence-corrected chi connectivity index (χ0v) is 13.6. The van der Waals surface area contributed by atoms with Gasteiger partial charge in [-0.1, -0.05) is 36.5 Å². The highest BCUT2D eigenvalue weighted by Gasteiger charge is 2.10. The molecule has 2 heterocycles. The van der Waals surface area contributed by atoms with Crippen LogP contribution in [0.25, 0.3) is 26.4 Å². The van der Waals surface area contributed by atoms with Crippen LogP contribution in [0.15, 0.2) is 48.7 Å². The summed E-state index contributed by atoms with van der Waals surface area (Å²) >= 11 is 7.34. The third-order valence-electron chi connectivity index (χ3n) is 3.83. The van der Waals surface area contributed by atoms with Gasteiger partial charge < -0.3 is 0 Å². The lowest BCUT2D eigenvalue weighted by Gasteiger charge is -2.00. The van der Waals surface area contributed by atoms with Crippen LogP contribution in [0, 0.1) is 0 Å². The minimum absolute atomic E-state index is 0.898. The summed E-state index contributed by atoms with van der Waals surface area (Å²) in [6.07, 6.45) is 3.14. The van der Waals surface area contributed by atoms with Gasteiger partial charge in [0.1, 0.15) is 0 Å². The molecule has 0 saturated carbocycles. The molecule has 0 saturated heterocycles. The number of nitrogens with zero attached hydrogens (tertiary/aromatic N) is 2. The summed E-state index contributed by atoms with van der Waals surface area (Å²) in [5.41, 5.74) is 5.57. The number of benzene rings is 2. The van der Waals surface area contributed by atoms with Gasteiger partial charge >= 0.3 is 0 Å². The Morgan fingerprint density at radius 2 is 2.14 bits per heavy atom. The van der Waals surface area contributed by atoms with Crippen molar-refractivity contribution in [3.05, 3.63) is 54.2 Å². The van der Waals surface area contributed by atoms with Crippen LogP contribution in [0.2, 0.25) is 0 Å². The van der Waals surface area contributed by atoms with E-state index >= 15 is 0 Å². The molecule has 0 radical (unpaired) electrons.